The van der Waals surface area contributed by atoms with Crippen molar-refractivity contribution in [2.45, 2.75) is 13.0 Å². The number of carbonyl (C=O) groups is 1. The fourth-order valence-corrected chi connectivity index (χ4v) is 5.58. The first-order valence-electron chi connectivity index (χ1n) is 10.7. The van der Waals surface area contributed by atoms with Crippen molar-refractivity contribution < 1.29 is 13.9 Å². The molecule has 0 N–H and O–H groups in total. The molecule has 0 aliphatic carbocycles. The van der Waals surface area contributed by atoms with E-state index in [-0.39, 0.29) is 11.2 Å². The number of benzene rings is 3. The smallest absolute Gasteiger partial charge is 0.297 e. The van der Waals surface area contributed by atoms with Crippen molar-refractivity contribution >= 4 is 55.2 Å². The Hall–Kier alpha value is -3.68. The summed E-state index contributed by atoms with van der Waals surface area (Å²) in [6.45, 7) is 2.47. The predicted octanol–water partition coefficient (Wildman–Crippen LogP) is 6.20. The lowest BCUT2D eigenvalue weighted by Gasteiger charge is -2.22. The molecule has 0 saturated carbocycles. The molecule has 0 spiro atoms. The summed E-state index contributed by atoms with van der Waals surface area (Å²) in [5, 5.41) is 1.40. The first-order chi connectivity index (χ1) is 16.5. The van der Waals surface area contributed by atoms with Crippen molar-refractivity contribution in [2.24, 2.45) is 0 Å². The van der Waals surface area contributed by atoms with E-state index in [1.54, 1.807) is 42.5 Å². The fourth-order valence-electron chi connectivity index (χ4n) is 4.36. The van der Waals surface area contributed by atoms with Gasteiger partial charge in [-0.15, -0.1) is 0 Å². The third-order valence-corrected chi connectivity index (χ3v) is 7.06. The highest BCUT2D eigenvalue weighted by Crippen LogP contribution is 2.44. The maximum Gasteiger partial charge on any atom is 0.297 e. The average Bonchev–Trinajstić information content (AvgIpc) is 3.38. The molecule has 3 heterocycles. The molecule has 0 saturated heterocycles. The van der Waals surface area contributed by atoms with Gasteiger partial charge in [0, 0.05) is 5.02 Å². The predicted molar refractivity (Wildman–Crippen MR) is 133 cm³/mol. The summed E-state index contributed by atoms with van der Waals surface area (Å²) in [5.41, 5.74) is 1.87. The number of hydrogen-bond acceptors (Lipinski definition) is 6. The number of thiazole rings is 1. The summed E-state index contributed by atoms with van der Waals surface area (Å²) < 4.78 is 12.5. The average molecular weight is 489 g/mol. The molecule has 1 aliphatic heterocycles. The van der Waals surface area contributed by atoms with Crippen molar-refractivity contribution in [1.82, 2.24) is 4.98 Å². The van der Waals surface area contributed by atoms with E-state index in [1.165, 1.54) is 16.2 Å². The Bertz CT molecular complexity index is 1660. The Morgan fingerprint density at radius 1 is 1.09 bits per heavy atom. The number of anilines is 1. The first-order valence-corrected chi connectivity index (χ1v) is 11.9. The lowest BCUT2D eigenvalue weighted by molar-refractivity contribution is 0.0971. The lowest BCUT2D eigenvalue weighted by atomic mass is 9.99. The fraction of sp³-hybridized carbons (Fsp3) is 0.115. The van der Waals surface area contributed by atoms with Gasteiger partial charge in [0.05, 0.1) is 33.8 Å². The number of para-hydroxylation sites is 1. The lowest BCUT2D eigenvalue weighted by Crippen LogP contribution is -2.29. The van der Waals surface area contributed by atoms with Crippen LogP contribution in [0, 0.1) is 0 Å². The van der Waals surface area contributed by atoms with Gasteiger partial charge < -0.3 is 9.15 Å². The van der Waals surface area contributed by atoms with Gasteiger partial charge in [0.2, 0.25) is 5.76 Å². The molecular weight excluding hydrogens is 472 g/mol. The van der Waals surface area contributed by atoms with Gasteiger partial charge in [-0.2, -0.15) is 0 Å². The number of carbonyl (C=O) groups excluding carboxylic acids is 1. The minimum Gasteiger partial charge on any atom is -0.494 e. The molecule has 0 fully saturated rings. The standard InChI is InChI=1S/C26H17ClN2O4S/c1-2-32-16-10-11-18-20(13-16)34-26(28-18)29-22(14-6-5-7-15(27)12-14)21-23(30)17-8-3-4-9-19(17)33-24(21)25(29)31/h3-13,22H,2H2,1H3. The highest BCUT2D eigenvalue weighted by molar-refractivity contribution is 7.22. The Labute approximate surface area is 203 Å². The monoisotopic (exact) mass is 488 g/mol. The number of rotatable bonds is 4. The molecular formula is C26H17ClN2O4S. The number of hydrogen-bond donors (Lipinski definition) is 0. The number of fused-ring (bicyclic) bond motifs is 3. The van der Waals surface area contributed by atoms with Crippen molar-refractivity contribution in [3.05, 3.63) is 98.9 Å². The Morgan fingerprint density at radius 3 is 2.76 bits per heavy atom. The van der Waals surface area contributed by atoms with Crippen LogP contribution in [0.3, 0.4) is 0 Å². The molecule has 6 rings (SSSR count). The van der Waals surface area contributed by atoms with E-state index in [9.17, 15) is 9.59 Å². The summed E-state index contributed by atoms with van der Waals surface area (Å²) in [4.78, 5) is 33.6. The molecule has 6 nitrogen and oxygen atoms in total. The number of amides is 1. The zero-order chi connectivity index (χ0) is 23.4. The van der Waals surface area contributed by atoms with Crippen LogP contribution in [0.25, 0.3) is 21.2 Å². The molecule has 8 heteroatoms. The van der Waals surface area contributed by atoms with Crippen molar-refractivity contribution in [2.75, 3.05) is 11.5 Å². The Kier molecular flexibility index (Phi) is 4.90. The number of nitrogens with zero attached hydrogens (tertiary/aromatic N) is 2. The zero-order valence-corrected chi connectivity index (χ0v) is 19.5. The van der Waals surface area contributed by atoms with Crippen LogP contribution < -0.4 is 15.1 Å². The highest BCUT2D eigenvalue weighted by Gasteiger charge is 2.45. The van der Waals surface area contributed by atoms with E-state index in [0.717, 1.165) is 16.0 Å². The SMILES string of the molecule is CCOc1ccc2nc(N3C(=O)c4oc5ccccc5c(=O)c4C3c3cccc(Cl)c3)sc2c1. The number of ether oxygens (including phenoxy) is 1. The third-order valence-electron chi connectivity index (χ3n) is 5.81. The van der Waals surface area contributed by atoms with Crippen LogP contribution in [0.4, 0.5) is 5.13 Å². The van der Waals surface area contributed by atoms with Crippen LogP contribution in [0.15, 0.2) is 75.9 Å². The second-order valence-electron chi connectivity index (χ2n) is 7.86. The maximum absolute atomic E-state index is 13.7. The van der Waals surface area contributed by atoms with Gasteiger partial charge in [0.15, 0.2) is 10.6 Å². The second-order valence-corrected chi connectivity index (χ2v) is 9.31. The summed E-state index contributed by atoms with van der Waals surface area (Å²) in [7, 11) is 0. The van der Waals surface area contributed by atoms with Gasteiger partial charge in [-0.1, -0.05) is 47.2 Å². The van der Waals surface area contributed by atoms with Crippen LogP contribution in [0.1, 0.15) is 34.6 Å². The largest absolute Gasteiger partial charge is 0.494 e. The molecule has 5 aromatic rings. The van der Waals surface area contributed by atoms with E-state index >= 15 is 0 Å². The van der Waals surface area contributed by atoms with Crippen LogP contribution in [0.2, 0.25) is 5.02 Å². The van der Waals surface area contributed by atoms with E-state index in [0.29, 0.717) is 38.9 Å². The van der Waals surface area contributed by atoms with Gasteiger partial charge in [-0.3, -0.25) is 14.5 Å². The molecule has 0 bridgehead atoms. The molecule has 168 valence electrons. The summed E-state index contributed by atoms with van der Waals surface area (Å²) in [6, 6.07) is 19.0. The van der Waals surface area contributed by atoms with Crippen molar-refractivity contribution in [3.63, 3.8) is 0 Å². The quantitative estimate of drug-likeness (QED) is 0.301. The highest BCUT2D eigenvalue weighted by atomic mass is 35.5. The van der Waals surface area contributed by atoms with E-state index in [1.807, 2.05) is 31.2 Å². The summed E-state index contributed by atoms with van der Waals surface area (Å²) >= 11 is 7.65. The summed E-state index contributed by atoms with van der Waals surface area (Å²) in [6.07, 6.45) is 0. The van der Waals surface area contributed by atoms with Gasteiger partial charge in [-0.05, 0) is 55.0 Å². The van der Waals surface area contributed by atoms with Crippen molar-refractivity contribution in [3.8, 4) is 5.75 Å². The zero-order valence-electron chi connectivity index (χ0n) is 17.9. The molecule has 1 unspecified atom stereocenters. The Balaban J connectivity index is 1.59. The third kappa shape index (κ3) is 3.20. The second kappa shape index (κ2) is 7.97. The van der Waals surface area contributed by atoms with Gasteiger partial charge >= 0.3 is 0 Å². The first kappa shape index (κ1) is 20.9. The summed E-state index contributed by atoms with van der Waals surface area (Å²) in [5.74, 6) is 0.352. The molecule has 2 aromatic heterocycles. The topological polar surface area (TPSA) is 72.6 Å². The molecule has 3 aromatic carbocycles. The molecule has 34 heavy (non-hydrogen) atoms. The van der Waals surface area contributed by atoms with E-state index < -0.39 is 11.9 Å². The molecule has 1 atom stereocenters. The normalized spacial score (nSPS) is 15.3. The minimum atomic E-state index is -0.714. The molecule has 1 amide bonds. The van der Waals surface area contributed by atoms with Gasteiger partial charge in [0.25, 0.3) is 5.91 Å². The van der Waals surface area contributed by atoms with Crippen LogP contribution in [0.5, 0.6) is 5.75 Å². The molecule has 0 radical (unpaired) electrons. The number of aromatic nitrogens is 1. The Morgan fingerprint density at radius 2 is 1.94 bits per heavy atom. The van der Waals surface area contributed by atoms with E-state index in [4.69, 9.17) is 25.7 Å². The minimum absolute atomic E-state index is 0.0305. The van der Waals surface area contributed by atoms with Crippen molar-refractivity contribution in [1.29, 1.82) is 0 Å². The van der Waals surface area contributed by atoms with Crippen LogP contribution >= 0.6 is 22.9 Å². The van der Waals surface area contributed by atoms with E-state index in [2.05, 4.69) is 0 Å². The van der Waals surface area contributed by atoms with Gasteiger partial charge in [-0.25, -0.2) is 4.98 Å². The van der Waals surface area contributed by atoms with Crippen LogP contribution in [-0.4, -0.2) is 17.5 Å². The molecule has 1 aliphatic rings. The van der Waals surface area contributed by atoms with Crippen LogP contribution in [-0.2, 0) is 0 Å². The maximum atomic E-state index is 13.7. The number of halogens is 1. The van der Waals surface area contributed by atoms with Gasteiger partial charge in [0.1, 0.15) is 11.3 Å².